The zero-order chi connectivity index (χ0) is 15.0. The van der Waals surface area contributed by atoms with E-state index in [9.17, 15) is 0 Å². The first-order chi connectivity index (χ1) is 9.42. The van der Waals surface area contributed by atoms with E-state index >= 15 is 0 Å². The topological polar surface area (TPSA) is 48.5 Å². The first-order valence-electron chi connectivity index (χ1n) is 7.19. The van der Waals surface area contributed by atoms with Gasteiger partial charge in [-0.1, -0.05) is 30.3 Å². The number of rotatable bonds is 5. The predicted octanol–water partition coefficient (Wildman–Crippen LogP) is 2.30. The molecule has 0 bridgehead atoms. The van der Waals surface area contributed by atoms with E-state index in [4.69, 9.17) is 0 Å². The molecule has 3 N–H and O–H groups in total. The fourth-order valence-electron chi connectivity index (χ4n) is 1.84. The van der Waals surface area contributed by atoms with Crippen LogP contribution >= 0.6 is 0 Å². The minimum atomic E-state index is 0.149. The van der Waals surface area contributed by atoms with E-state index in [1.807, 2.05) is 6.07 Å². The summed E-state index contributed by atoms with van der Waals surface area (Å²) < 4.78 is 0. The van der Waals surface area contributed by atoms with Crippen LogP contribution in [0.4, 0.5) is 0 Å². The molecule has 4 heteroatoms. The lowest BCUT2D eigenvalue weighted by Gasteiger charge is -2.22. The van der Waals surface area contributed by atoms with E-state index in [1.54, 1.807) is 7.05 Å². The van der Waals surface area contributed by atoms with Crippen molar-refractivity contribution in [2.24, 2.45) is 4.99 Å². The molecule has 0 saturated heterocycles. The van der Waals surface area contributed by atoms with E-state index in [0.29, 0.717) is 0 Å². The molecule has 0 radical (unpaired) electrons. The van der Waals surface area contributed by atoms with Gasteiger partial charge in [-0.25, -0.2) is 0 Å². The average molecular weight is 276 g/mol. The molecule has 0 amide bonds. The van der Waals surface area contributed by atoms with Gasteiger partial charge >= 0.3 is 0 Å². The van der Waals surface area contributed by atoms with Crippen molar-refractivity contribution in [2.75, 3.05) is 20.1 Å². The summed E-state index contributed by atoms with van der Waals surface area (Å²) in [4.78, 5) is 4.25. The molecule has 0 fully saturated rings. The smallest absolute Gasteiger partial charge is 0.191 e. The molecule has 4 nitrogen and oxygen atoms in total. The van der Waals surface area contributed by atoms with Gasteiger partial charge in [0.1, 0.15) is 0 Å². The van der Waals surface area contributed by atoms with Crippen LogP contribution in [0.3, 0.4) is 0 Å². The van der Waals surface area contributed by atoms with Crippen molar-refractivity contribution in [3.8, 4) is 0 Å². The quantitative estimate of drug-likeness (QED) is 0.439. The van der Waals surface area contributed by atoms with Gasteiger partial charge in [-0.2, -0.15) is 0 Å². The highest BCUT2D eigenvalue weighted by Crippen LogP contribution is 2.10. The first-order valence-corrected chi connectivity index (χ1v) is 7.19. The molecule has 1 aromatic carbocycles. The molecule has 1 atom stereocenters. The molecule has 0 spiro atoms. The lowest BCUT2D eigenvalue weighted by atomic mass is 10.1. The largest absolute Gasteiger partial charge is 0.355 e. The molecule has 1 rings (SSSR count). The van der Waals surface area contributed by atoms with E-state index < -0.39 is 0 Å². The number of hydrogen-bond acceptors (Lipinski definition) is 2. The molecule has 0 saturated carbocycles. The minimum absolute atomic E-state index is 0.149. The SMILES string of the molecule is CN=C(NCCNC(C)(C)C)NC(C)c1ccccc1. The monoisotopic (exact) mass is 276 g/mol. The summed E-state index contributed by atoms with van der Waals surface area (Å²) in [6, 6.07) is 10.6. The maximum absolute atomic E-state index is 4.25. The van der Waals surface area contributed by atoms with Crippen LogP contribution in [0.15, 0.2) is 35.3 Å². The zero-order valence-electron chi connectivity index (χ0n) is 13.3. The van der Waals surface area contributed by atoms with E-state index in [2.05, 4.69) is 72.9 Å². The van der Waals surface area contributed by atoms with E-state index in [1.165, 1.54) is 5.56 Å². The number of nitrogens with one attached hydrogen (secondary N) is 3. The van der Waals surface area contributed by atoms with Gasteiger partial charge in [-0.05, 0) is 33.3 Å². The molecule has 0 heterocycles. The maximum atomic E-state index is 4.25. The highest BCUT2D eigenvalue weighted by Gasteiger charge is 2.09. The number of benzene rings is 1. The molecule has 0 aliphatic rings. The summed E-state index contributed by atoms with van der Waals surface area (Å²) in [5.41, 5.74) is 1.40. The third-order valence-corrected chi connectivity index (χ3v) is 2.95. The molecule has 0 aliphatic carbocycles. The minimum Gasteiger partial charge on any atom is -0.355 e. The van der Waals surface area contributed by atoms with Crippen molar-refractivity contribution in [3.63, 3.8) is 0 Å². The number of aliphatic imine (C=N–C) groups is 1. The Morgan fingerprint density at radius 3 is 2.35 bits per heavy atom. The molecular weight excluding hydrogens is 248 g/mol. The van der Waals surface area contributed by atoms with Crippen molar-refractivity contribution < 1.29 is 0 Å². The number of guanidine groups is 1. The third kappa shape index (κ3) is 6.57. The van der Waals surface area contributed by atoms with Crippen LogP contribution in [0.25, 0.3) is 0 Å². The van der Waals surface area contributed by atoms with Gasteiger partial charge in [-0.3, -0.25) is 4.99 Å². The van der Waals surface area contributed by atoms with Crippen LogP contribution in [0, 0.1) is 0 Å². The fraction of sp³-hybridized carbons (Fsp3) is 0.562. The van der Waals surface area contributed by atoms with Gasteiger partial charge in [0.05, 0.1) is 6.04 Å². The van der Waals surface area contributed by atoms with Gasteiger partial charge in [0.2, 0.25) is 0 Å². The molecule has 0 aliphatic heterocycles. The van der Waals surface area contributed by atoms with Crippen molar-refractivity contribution >= 4 is 5.96 Å². The Morgan fingerprint density at radius 1 is 1.15 bits per heavy atom. The molecule has 1 unspecified atom stereocenters. The van der Waals surface area contributed by atoms with Crippen LogP contribution in [-0.4, -0.2) is 31.6 Å². The second-order valence-corrected chi connectivity index (χ2v) is 5.95. The van der Waals surface area contributed by atoms with Crippen molar-refractivity contribution in [1.82, 2.24) is 16.0 Å². The normalized spacial score (nSPS) is 13.9. The van der Waals surface area contributed by atoms with Gasteiger partial charge in [0.25, 0.3) is 0 Å². The third-order valence-electron chi connectivity index (χ3n) is 2.95. The van der Waals surface area contributed by atoms with Crippen LogP contribution in [-0.2, 0) is 0 Å². The summed E-state index contributed by atoms with van der Waals surface area (Å²) in [5.74, 6) is 0.831. The van der Waals surface area contributed by atoms with Crippen LogP contribution < -0.4 is 16.0 Å². The average Bonchev–Trinajstić information content (AvgIpc) is 2.42. The lowest BCUT2D eigenvalue weighted by molar-refractivity contribution is 0.428. The van der Waals surface area contributed by atoms with E-state index in [0.717, 1.165) is 19.0 Å². The standard InChI is InChI=1S/C16H28N4/c1-13(14-9-7-6-8-10-14)20-15(17-5)18-11-12-19-16(2,3)4/h6-10,13,19H,11-12H2,1-5H3,(H2,17,18,20). The second-order valence-electron chi connectivity index (χ2n) is 5.95. The Labute approximate surface area is 123 Å². The van der Waals surface area contributed by atoms with Gasteiger partial charge in [0, 0.05) is 25.7 Å². The molecule has 0 aromatic heterocycles. The van der Waals surface area contributed by atoms with Crippen LogP contribution in [0.5, 0.6) is 0 Å². The molecular formula is C16H28N4. The summed E-state index contributed by atoms with van der Waals surface area (Å²) in [7, 11) is 1.80. The molecule has 1 aromatic rings. The van der Waals surface area contributed by atoms with Crippen LogP contribution in [0.1, 0.15) is 39.3 Å². The lowest BCUT2D eigenvalue weighted by Crippen LogP contribution is -2.45. The second kappa shape index (κ2) is 7.90. The van der Waals surface area contributed by atoms with Crippen molar-refractivity contribution in [3.05, 3.63) is 35.9 Å². The first kappa shape index (κ1) is 16.5. The highest BCUT2D eigenvalue weighted by molar-refractivity contribution is 5.80. The predicted molar refractivity (Wildman–Crippen MR) is 87.1 cm³/mol. The summed E-state index contributed by atoms with van der Waals surface area (Å²) >= 11 is 0. The van der Waals surface area contributed by atoms with Gasteiger partial charge in [-0.15, -0.1) is 0 Å². The zero-order valence-corrected chi connectivity index (χ0v) is 13.3. The Bertz CT molecular complexity index is 406. The number of hydrogen-bond donors (Lipinski definition) is 3. The Morgan fingerprint density at radius 2 is 1.80 bits per heavy atom. The highest BCUT2D eigenvalue weighted by atomic mass is 15.2. The molecule has 112 valence electrons. The number of nitrogens with zero attached hydrogens (tertiary/aromatic N) is 1. The van der Waals surface area contributed by atoms with Crippen molar-refractivity contribution in [1.29, 1.82) is 0 Å². The summed E-state index contributed by atoms with van der Waals surface area (Å²) in [6.07, 6.45) is 0. The Kier molecular flexibility index (Phi) is 6.52. The Balaban J connectivity index is 2.37. The van der Waals surface area contributed by atoms with Crippen LogP contribution in [0.2, 0.25) is 0 Å². The van der Waals surface area contributed by atoms with Crippen molar-refractivity contribution in [2.45, 2.75) is 39.3 Å². The fourth-order valence-corrected chi connectivity index (χ4v) is 1.84. The van der Waals surface area contributed by atoms with Gasteiger partial charge < -0.3 is 16.0 Å². The Hall–Kier alpha value is -1.55. The maximum Gasteiger partial charge on any atom is 0.191 e. The van der Waals surface area contributed by atoms with Gasteiger partial charge in [0.15, 0.2) is 5.96 Å². The molecule has 20 heavy (non-hydrogen) atoms. The summed E-state index contributed by atoms with van der Waals surface area (Å²) in [5, 5.41) is 10.2. The van der Waals surface area contributed by atoms with E-state index in [-0.39, 0.29) is 11.6 Å². The summed E-state index contributed by atoms with van der Waals surface area (Å²) in [6.45, 7) is 10.4.